The Labute approximate surface area is 221 Å². The van der Waals surface area contributed by atoms with Crippen molar-refractivity contribution >= 4 is 11.6 Å². The number of carbonyl (C=O) groups is 1. The van der Waals surface area contributed by atoms with Gasteiger partial charge in [0.15, 0.2) is 0 Å². The third-order valence-electron chi connectivity index (χ3n) is 7.93. The average Bonchev–Trinajstić information content (AvgIpc) is 2.96. The van der Waals surface area contributed by atoms with Gasteiger partial charge in [-0.25, -0.2) is 0 Å². The number of β-amino-alcohol motifs (C(OH)–C–C–N with tert-alkyl or cyclic N) is 1. The number of aliphatic hydroxyl groups excluding tert-OH is 1. The first-order chi connectivity index (χ1) is 18.2. The lowest BCUT2D eigenvalue weighted by atomic mass is 9.88. The van der Waals surface area contributed by atoms with Crippen LogP contribution in [0.3, 0.4) is 0 Å². The van der Waals surface area contributed by atoms with Crippen LogP contribution in [0.4, 0.5) is 5.69 Å². The van der Waals surface area contributed by atoms with Crippen molar-refractivity contribution in [1.82, 2.24) is 10.2 Å². The highest BCUT2D eigenvalue weighted by Crippen LogP contribution is 2.28. The summed E-state index contributed by atoms with van der Waals surface area (Å²) in [5, 5.41) is 13.7. The highest BCUT2D eigenvalue weighted by atomic mass is 16.3. The van der Waals surface area contributed by atoms with Crippen molar-refractivity contribution in [2.24, 2.45) is 0 Å². The molecule has 194 valence electrons. The first kappa shape index (κ1) is 25.5. The van der Waals surface area contributed by atoms with Gasteiger partial charge in [0.1, 0.15) is 0 Å². The van der Waals surface area contributed by atoms with Crippen LogP contribution >= 0.6 is 0 Å². The molecule has 3 aromatic rings. The molecule has 0 aliphatic carbocycles. The van der Waals surface area contributed by atoms with Crippen LogP contribution in [0.15, 0.2) is 84.9 Å². The molecule has 1 amide bonds. The van der Waals surface area contributed by atoms with Gasteiger partial charge in [0.05, 0.1) is 6.10 Å². The van der Waals surface area contributed by atoms with Crippen molar-refractivity contribution in [2.75, 3.05) is 37.6 Å². The SMILES string of the molecule is O=C(c1ccc(N2CCC(NCCC(c3ccccc3)c3ccccc3)CC2)cc1)N1CCC[C@H](O)C1. The molecule has 3 aromatic carbocycles. The molecule has 2 N–H and O–H groups in total. The van der Waals surface area contributed by atoms with Crippen LogP contribution in [0, 0.1) is 0 Å². The Morgan fingerprint density at radius 2 is 1.46 bits per heavy atom. The summed E-state index contributed by atoms with van der Waals surface area (Å²) in [6.07, 6.45) is 4.58. The molecule has 0 bridgehead atoms. The Morgan fingerprint density at radius 1 is 0.838 bits per heavy atom. The minimum atomic E-state index is -0.394. The maximum absolute atomic E-state index is 12.8. The quantitative estimate of drug-likeness (QED) is 0.457. The summed E-state index contributed by atoms with van der Waals surface area (Å²) in [4.78, 5) is 17.0. The van der Waals surface area contributed by atoms with Gasteiger partial charge in [-0.05, 0) is 74.0 Å². The molecule has 5 heteroatoms. The number of anilines is 1. The molecule has 2 fully saturated rings. The van der Waals surface area contributed by atoms with E-state index in [1.807, 2.05) is 12.1 Å². The third-order valence-corrected chi connectivity index (χ3v) is 7.93. The smallest absolute Gasteiger partial charge is 0.253 e. The zero-order chi connectivity index (χ0) is 25.5. The van der Waals surface area contributed by atoms with Crippen molar-refractivity contribution in [3.05, 3.63) is 102 Å². The van der Waals surface area contributed by atoms with Crippen molar-refractivity contribution in [3.63, 3.8) is 0 Å². The zero-order valence-electron chi connectivity index (χ0n) is 21.6. The number of benzene rings is 3. The predicted octanol–water partition coefficient (Wildman–Crippen LogP) is 5.06. The molecule has 0 aromatic heterocycles. The molecule has 1 atom stereocenters. The Balaban J connectivity index is 1.10. The summed E-state index contributed by atoms with van der Waals surface area (Å²) < 4.78 is 0. The molecule has 5 rings (SSSR count). The Bertz CT molecular complexity index is 1070. The standard InChI is InChI=1S/C32H39N3O2/c36-30-12-7-21-35(24-30)32(37)27-13-15-29(16-14-27)34-22-18-28(19-23-34)33-20-17-31(25-8-3-1-4-9-25)26-10-5-2-6-11-26/h1-6,8-11,13-16,28,30-31,33,36H,7,12,17-24H2/t30-/m0/s1. The van der Waals surface area contributed by atoms with E-state index in [0.29, 0.717) is 24.1 Å². The van der Waals surface area contributed by atoms with Gasteiger partial charge in [-0.1, -0.05) is 60.7 Å². The van der Waals surface area contributed by atoms with Gasteiger partial charge < -0.3 is 20.2 Å². The number of nitrogens with zero attached hydrogens (tertiary/aromatic N) is 2. The number of amides is 1. The Hall–Kier alpha value is -3.15. The first-order valence-electron chi connectivity index (χ1n) is 13.8. The van der Waals surface area contributed by atoms with Crippen molar-refractivity contribution in [2.45, 2.75) is 50.2 Å². The monoisotopic (exact) mass is 497 g/mol. The number of hydrogen-bond acceptors (Lipinski definition) is 4. The molecular weight excluding hydrogens is 458 g/mol. The van der Waals surface area contributed by atoms with Crippen LogP contribution in [-0.4, -0.2) is 60.8 Å². The topological polar surface area (TPSA) is 55.8 Å². The van der Waals surface area contributed by atoms with E-state index in [-0.39, 0.29) is 5.91 Å². The van der Waals surface area contributed by atoms with Crippen LogP contribution in [0.25, 0.3) is 0 Å². The second kappa shape index (κ2) is 12.4. The lowest BCUT2D eigenvalue weighted by Gasteiger charge is -2.34. The molecule has 0 unspecified atom stereocenters. The second-order valence-electron chi connectivity index (χ2n) is 10.5. The second-order valence-corrected chi connectivity index (χ2v) is 10.5. The maximum atomic E-state index is 12.8. The molecule has 37 heavy (non-hydrogen) atoms. The molecule has 0 saturated carbocycles. The Kier molecular flexibility index (Phi) is 8.54. The minimum Gasteiger partial charge on any atom is -0.391 e. The van der Waals surface area contributed by atoms with Crippen LogP contribution in [-0.2, 0) is 0 Å². The van der Waals surface area contributed by atoms with E-state index >= 15 is 0 Å². The van der Waals surface area contributed by atoms with E-state index in [1.165, 1.54) is 16.8 Å². The summed E-state index contributed by atoms with van der Waals surface area (Å²) >= 11 is 0. The number of piperidine rings is 2. The van der Waals surface area contributed by atoms with E-state index in [4.69, 9.17) is 0 Å². The van der Waals surface area contributed by atoms with Crippen LogP contribution in [0.2, 0.25) is 0 Å². The molecular formula is C32H39N3O2. The summed E-state index contributed by atoms with van der Waals surface area (Å²) in [5.74, 6) is 0.432. The zero-order valence-corrected chi connectivity index (χ0v) is 21.6. The number of hydrogen-bond donors (Lipinski definition) is 2. The summed E-state index contributed by atoms with van der Waals surface area (Å²) in [5.41, 5.74) is 4.65. The van der Waals surface area contributed by atoms with Gasteiger partial charge in [0.25, 0.3) is 5.91 Å². The van der Waals surface area contributed by atoms with Crippen LogP contribution in [0.5, 0.6) is 0 Å². The highest BCUT2D eigenvalue weighted by molar-refractivity contribution is 5.94. The lowest BCUT2D eigenvalue weighted by Crippen LogP contribution is -2.43. The molecule has 0 spiro atoms. The van der Waals surface area contributed by atoms with Crippen molar-refractivity contribution in [3.8, 4) is 0 Å². The van der Waals surface area contributed by atoms with E-state index in [0.717, 1.165) is 58.3 Å². The van der Waals surface area contributed by atoms with Gasteiger partial charge in [-0.3, -0.25) is 4.79 Å². The highest BCUT2D eigenvalue weighted by Gasteiger charge is 2.24. The minimum absolute atomic E-state index is 0.0255. The van der Waals surface area contributed by atoms with Gasteiger partial charge in [-0.15, -0.1) is 0 Å². The van der Waals surface area contributed by atoms with Crippen LogP contribution in [0.1, 0.15) is 59.5 Å². The molecule has 0 radical (unpaired) electrons. The summed E-state index contributed by atoms with van der Waals surface area (Å²) in [6, 6.07) is 30.2. The number of likely N-dealkylation sites (tertiary alicyclic amines) is 1. The van der Waals surface area contributed by atoms with E-state index in [2.05, 4.69) is 83.0 Å². The fourth-order valence-electron chi connectivity index (χ4n) is 5.81. The third kappa shape index (κ3) is 6.60. The molecule has 2 saturated heterocycles. The largest absolute Gasteiger partial charge is 0.391 e. The van der Waals surface area contributed by atoms with Crippen LogP contribution < -0.4 is 10.2 Å². The predicted molar refractivity (Wildman–Crippen MR) is 150 cm³/mol. The first-order valence-corrected chi connectivity index (χ1v) is 13.8. The fourth-order valence-corrected chi connectivity index (χ4v) is 5.81. The number of nitrogens with one attached hydrogen (secondary N) is 1. The molecule has 2 aliphatic heterocycles. The average molecular weight is 498 g/mol. The Morgan fingerprint density at radius 3 is 2.05 bits per heavy atom. The van der Waals surface area contributed by atoms with Gasteiger partial charge in [0, 0.05) is 49.4 Å². The van der Waals surface area contributed by atoms with Gasteiger partial charge in [0.2, 0.25) is 0 Å². The molecule has 5 nitrogen and oxygen atoms in total. The number of aliphatic hydroxyl groups is 1. The van der Waals surface area contributed by atoms with Crippen molar-refractivity contribution in [1.29, 1.82) is 0 Å². The number of carbonyl (C=O) groups excluding carboxylic acids is 1. The summed E-state index contributed by atoms with van der Waals surface area (Å²) in [6.45, 7) is 4.21. The molecule has 2 aliphatic rings. The fraction of sp³-hybridized carbons (Fsp3) is 0.406. The van der Waals surface area contributed by atoms with Gasteiger partial charge >= 0.3 is 0 Å². The lowest BCUT2D eigenvalue weighted by molar-refractivity contribution is 0.0474. The van der Waals surface area contributed by atoms with E-state index < -0.39 is 6.10 Å². The van der Waals surface area contributed by atoms with E-state index in [1.54, 1.807) is 4.90 Å². The van der Waals surface area contributed by atoms with Crippen molar-refractivity contribution < 1.29 is 9.90 Å². The molecule has 2 heterocycles. The summed E-state index contributed by atoms with van der Waals surface area (Å²) in [7, 11) is 0. The maximum Gasteiger partial charge on any atom is 0.253 e. The van der Waals surface area contributed by atoms with Gasteiger partial charge in [-0.2, -0.15) is 0 Å². The van der Waals surface area contributed by atoms with E-state index in [9.17, 15) is 9.90 Å². The normalized spacial score (nSPS) is 18.8. The number of rotatable bonds is 8.